The zero-order chi connectivity index (χ0) is 14.7. The van der Waals surface area contributed by atoms with E-state index in [1.54, 1.807) is 0 Å². The number of aliphatic carboxylic acids is 1. The number of hydrogen-bond donors (Lipinski definition) is 1. The Labute approximate surface area is 113 Å². The molecule has 0 rings (SSSR count). The molecule has 0 bridgehead atoms. The zero-order valence-corrected chi connectivity index (χ0v) is 11.3. The summed E-state index contributed by atoms with van der Waals surface area (Å²) < 4.78 is 9.83. The fraction of sp³-hybridized carbons (Fsp3) is 0.667. The molecule has 0 atom stereocenters. The van der Waals surface area contributed by atoms with Gasteiger partial charge in [0, 0.05) is 27.3 Å². The zero-order valence-electron chi connectivity index (χ0n) is 11.3. The summed E-state index contributed by atoms with van der Waals surface area (Å²) in [6, 6.07) is -0.436. The first kappa shape index (κ1) is 17.2. The van der Waals surface area contributed by atoms with E-state index in [1.807, 2.05) is 0 Å². The van der Waals surface area contributed by atoms with Gasteiger partial charge in [-0.05, 0) is 0 Å². The van der Waals surface area contributed by atoms with Gasteiger partial charge in [0.05, 0.1) is 19.8 Å². The van der Waals surface area contributed by atoms with E-state index in [9.17, 15) is 9.59 Å². The largest absolute Gasteiger partial charge is 0.480 e. The predicted molar refractivity (Wildman–Crippen MR) is 68.8 cm³/mol. The summed E-state index contributed by atoms with van der Waals surface area (Å²) in [6.07, 6.45) is 5.14. The Hall–Kier alpha value is -1.78. The van der Waals surface area contributed by atoms with Gasteiger partial charge in [0.2, 0.25) is 0 Å². The van der Waals surface area contributed by atoms with E-state index in [2.05, 4.69) is 5.92 Å². The molecule has 1 N–H and O–H groups in total. The third-order valence-electron chi connectivity index (χ3n) is 2.28. The third kappa shape index (κ3) is 7.28. The lowest BCUT2D eigenvalue weighted by Crippen LogP contribution is -2.47. The van der Waals surface area contributed by atoms with E-state index in [0.29, 0.717) is 26.3 Å². The number of carboxylic acids is 1. The number of carbonyl (C=O) groups is 2. The average Bonchev–Trinajstić information content (AvgIpc) is 2.37. The molecule has 0 saturated heterocycles. The lowest BCUT2D eigenvalue weighted by atomic mass is 10.4. The summed E-state index contributed by atoms with van der Waals surface area (Å²) >= 11 is 0. The fourth-order valence-electron chi connectivity index (χ4n) is 1.37. The van der Waals surface area contributed by atoms with E-state index in [-0.39, 0.29) is 6.54 Å². The van der Waals surface area contributed by atoms with Crippen molar-refractivity contribution in [1.29, 1.82) is 0 Å². The molecule has 0 heterocycles. The normalized spacial score (nSPS) is 9.74. The number of carboxylic acid groups (broad SMARTS) is 1. The molecule has 0 radical (unpaired) electrons. The number of ether oxygens (including phenoxy) is 2. The van der Waals surface area contributed by atoms with Gasteiger partial charge in [0.1, 0.15) is 6.54 Å². The van der Waals surface area contributed by atoms with Gasteiger partial charge in [-0.1, -0.05) is 5.92 Å². The van der Waals surface area contributed by atoms with Crippen molar-refractivity contribution in [3.8, 4) is 12.3 Å². The standard InChI is InChI=1S/C12H20N2O5/c1-4-5-14(10-11(15)16)12(17)13(6-8-18-2)7-9-19-3/h1H,5-10H2,2-3H3,(H,15,16). The van der Waals surface area contributed by atoms with Crippen LogP contribution in [0.3, 0.4) is 0 Å². The van der Waals surface area contributed by atoms with E-state index >= 15 is 0 Å². The Kier molecular flexibility index (Phi) is 9.22. The highest BCUT2D eigenvalue weighted by Crippen LogP contribution is 2.00. The first-order chi connectivity index (χ1) is 9.06. The van der Waals surface area contributed by atoms with Crippen LogP contribution in [0.4, 0.5) is 4.79 Å². The minimum Gasteiger partial charge on any atom is -0.480 e. The number of amides is 2. The second-order valence-electron chi connectivity index (χ2n) is 3.71. The van der Waals surface area contributed by atoms with Crippen molar-refractivity contribution in [2.75, 3.05) is 53.6 Å². The molecule has 0 aromatic rings. The van der Waals surface area contributed by atoms with Crippen molar-refractivity contribution in [2.45, 2.75) is 0 Å². The number of nitrogens with zero attached hydrogens (tertiary/aromatic N) is 2. The van der Waals surface area contributed by atoms with Crippen LogP contribution in [-0.4, -0.2) is 80.5 Å². The molecule has 2 amide bonds. The highest BCUT2D eigenvalue weighted by atomic mass is 16.5. The lowest BCUT2D eigenvalue weighted by Gasteiger charge is -2.28. The Morgan fingerprint density at radius 3 is 2.05 bits per heavy atom. The second kappa shape index (κ2) is 10.2. The molecule has 7 nitrogen and oxygen atoms in total. The summed E-state index contributed by atoms with van der Waals surface area (Å²) in [5.74, 6) is 1.16. The average molecular weight is 272 g/mol. The van der Waals surface area contributed by atoms with Crippen LogP contribution >= 0.6 is 0 Å². The van der Waals surface area contributed by atoms with Crippen LogP contribution in [0.25, 0.3) is 0 Å². The van der Waals surface area contributed by atoms with E-state index in [0.717, 1.165) is 4.90 Å². The van der Waals surface area contributed by atoms with Gasteiger partial charge in [-0.2, -0.15) is 0 Å². The van der Waals surface area contributed by atoms with Crippen molar-refractivity contribution >= 4 is 12.0 Å². The van der Waals surface area contributed by atoms with Gasteiger partial charge in [-0.25, -0.2) is 4.79 Å². The highest BCUT2D eigenvalue weighted by Gasteiger charge is 2.21. The number of methoxy groups -OCH3 is 2. The van der Waals surface area contributed by atoms with Crippen LogP contribution in [-0.2, 0) is 14.3 Å². The van der Waals surface area contributed by atoms with Gasteiger partial charge in [0.25, 0.3) is 0 Å². The predicted octanol–water partition coefficient (Wildman–Crippen LogP) is -0.279. The van der Waals surface area contributed by atoms with Crippen LogP contribution in [0.15, 0.2) is 0 Å². The summed E-state index contributed by atoms with van der Waals surface area (Å²) in [5.41, 5.74) is 0. The van der Waals surface area contributed by atoms with Crippen molar-refractivity contribution in [3.63, 3.8) is 0 Å². The van der Waals surface area contributed by atoms with Gasteiger partial charge < -0.3 is 24.4 Å². The Balaban J connectivity index is 4.68. The van der Waals surface area contributed by atoms with Crippen LogP contribution in [0, 0.1) is 12.3 Å². The Morgan fingerprint density at radius 2 is 1.68 bits per heavy atom. The number of carbonyl (C=O) groups excluding carboxylic acids is 1. The molecule has 19 heavy (non-hydrogen) atoms. The van der Waals surface area contributed by atoms with Crippen LogP contribution in [0.1, 0.15) is 0 Å². The molecular weight excluding hydrogens is 252 g/mol. The van der Waals surface area contributed by atoms with Crippen molar-refractivity contribution in [1.82, 2.24) is 9.80 Å². The van der Waals surface area contributed by atoms with Gasteiger partial charge in [0.15, 0.2) is 0 Å². The topological polar surface area (TPSA) is 79.3 Å². The minimum atomic E-state index is -1.11. The summed E-state index contributed by atoms with van der Waals surface area (Å²) in [7, 11) is 3.05. The van der Waals surface area contributed by atoms with E-state index in [4.69, 9.17) is 21.0 Å². The monoisotopic (exact) mass is 272 g/mol. The first-order valence-corrected chi connectivity index (χ1v) is 5.73. The second-order valence-corrected chi connectivity index (χ2v) is 3.71. The number of terminal acetylenes is 1. The maximum Gasteiger partial charge on any atom is 0.323 e. The molecule has 0 fully saturated rings. The lowest BCUT2D eigenvalue weighted by molar-refractivity contribution is -0.137. The molecule has 0 saturated carbocycles. The smallest absolute Gasteiger partial charge is 0.323 e. The van der Waals surface area contributed by atoms with E-state index < -0.39 is 18.5 Å². The molecule has 7 heteroatoms. The molecule has 0 aliphatic rings. The van der Waals surface area contributed by atoms with Crippen LogP contribution in [0.2, 0.25) is 0 Å². The number of rotatable bonds is 9. The Bertz CT molecular complexity index is 319. The van der Waals surface area contributed by atoms with Gasteiger partial charge >= 0.3 is 12.0 Å². The third-order valence-corrected chi connectivity index (χ3v) is 2.28. The van der Waals surface area contributed by atoms with Crippen molar-refractivity contribution in [3.05, 3.63) is 0 Å². The maximum absolute atomic E-state index is 12.2. The summed E-state index contributed by atoms with van der Waals surface area (Å²) in [6.45, 7) is 0.915. The quantitative estimate of drug-likeness (QED) is 0.584. The van der Waals surface area contributed by atoms with E-state index in [1.165, 1.54) is 19.1 Å². The molecule has 0 unspecified atom stereocenters. The summed E-state index contributed by atoms with van der Waals surface area (Å²) in [5, 5.41) is 8.76. The molecule has 0 aromatic heterocycles. The molecule has 0 aliphatic heterocycles. The summed E-state index contributed by atoms with van der Waals surface area (Å²) in [4.78, 5) is 25.4. The molecule has 0 aromatic carbocycles. The SMILES string of the molecule is C#CCN(CC(=O)O)C(=O)N(CCOC)CCOC. The van der Waals surface area contributed by atoms with Crippen LogP contribution < -0.4 is 0 Å². The molecule has 108 valence electrons. The number of hydrogen-bond acceptors (Lipinski definition) is 4. The molecular formula is C12H20N2O5. The molecule has 0 spiro atoms. The fourth-order valence-corrected chi connectivity index (χ4v) is 1.37. The van der Waals surface area contributed by atoms with Crippen LogP contribution in [0.5, 0.6) is 0 Å². The molecule has 0 aliphatic carbocycles. The highest BCUT2D eigenvalue weighted by molar-refractivity contribution is 5.80. The Morgan fingerprint density at radius 1 is 1.16 bits per heavy atom. The van der Waals surface area contributed by atoms with Gasteiger partial charge in [-0.15, -0.1) is 6.42 Å². The minimum absolute atomic E-state index is 0.0540. The maximum atomic E-state index is 12.2. The number of urea groups is 1. The first-order valence-electron chi connectivity index (χ1n) is 5.73. The van der Waals surface area contributed by atoms with Gasteiger partial charge in [-0.3, -0.25) is 4.79 Å². The van der Waals surface area contributed by atoms with Crippen molar-refractivity contribution < 1.29 is 24.2 Å². The van der Waals surface area contributed by atoms with Crippen molar-refractivity contribution in [2.24, 2.45) is 0 Å².